The van der Waals surface area contributed by atoms with Crippen LogP contribution >= 0.6 is 23.6 Å². The van der Waals surface area contributed by atoms with Gasteiger partial charge in [0, 0.05) is 13.1 Å². The van der Waals surface area contributed by atoms with Crippen molar-refractivity contribution >= 4 is 38.9 Å². The van der Waals surface area contributed by atoms with E-state index in [0.29, 0.717) is 6.04 Å². The maximum atomic E-state index is 5.66. The van der Waals surface area contributed by atoms with Gasteiger partial charge in [-0.25, -0.2) is 4.98 Å². The molecule has 1 N–H and O–H groups in total. The second-order valence-corrected chi connectivity index (χ2v) is 7.46. The molecule has 0 spiro atoms. The van der Waals surface area contributed by atoms with Crippen LogP contribution in [0.25, 0.3) is 10.2 Å². The summed E-state index contributed by atoms with van der Waals surface area (Å²) in [6, 6.07) is 19.0. The van der Waals surface area contributed by atoms with Crippen molar-refractivity contribution < 1.29 is 0 Å². The van der Waals surface area contributed by atoms with E-state index in [2.05, 4.69) is 52.7 Å². The predicted molar refractivity (Wildman–Crippen MR) is 104 cm³/mol. The van der Waals surface area contributed by atoms with E-state index in [9.17, 15) is 0 Å². The number of thiazole rings is 1. The second kappa shape index (κ2) is 6.87. The first-order valence-corrected chi connectivity index (χ1v) is 9.47. The zero-order valence-corrected chi connectivity index (χ0v) is 14.9. The normalized spacial score (nSPS) is 17.3. The number of rotatable bonds is 3. The van der Waals surface area contributed by atoms with Crippen molar-refractivity contribution in [2.24, 2.45) is 0 Å². The molecule has 0 unspecified atom stereocenters. The van der Waals surface area contributed by atoms with Crippen LogP contribution in [0.3, 0.4) is 0 Å². The van der Waals surface area contributed by atoms with Gasteiger partial charge in [0.25, 0.3) is 0 Å². The van der Waals surface area contributed by atoms with Gasteiger partial charge in [-0.05, 0) is 42.8 Å². The summed E-state index contributed by atoms with van der Waals surface area (Å²) < 4.78 is 1.25. The van der Waals surface area contributed by atoms with Crippen molar-refractivity contribution in [3.63, 3.8) is 0 Å². The molecule has 122 valence electrons. The smallest absolute Gasteiger partial charge is 0.169 e. The Kier molecular flexibility index (Phi) is 4.45. The third-order valence-electron chi connectivity index (χ3n) is 4.40. The van der Waals surface area contributed by atoms with E-state index in [1.54, 1.807) is 11.3 Å². The lowest BCUT2D eigenvalue weighted by Crippen LogP contribution is -2.38. The summed E-state index contributed by atoms with van der Waals surface area (Å²) in [6.45, 7) is 1.77. The van der Waals surface area contributed by atoms with Gasteiger partial charge in [-0.2, -0.15) is 0 Å². The monoisotopic (exact) mass is 353 g/mol. The Labute approximate surface area is 151 Å². The Morgan fingerprint density at radius 1 is 1.17 bits per heavy atom. The molecule has 1 saturated heterocycles. The molecule has 4 rings (SSSR count). The molecule has 0 bridgehead atoms. The van der Waals surface area contributed by atoms with E-state index in [0.717, 1.165) is 36.6 Å². The van der Waals surface area contributed by atoms with Crippen LogP contribution in [0.15, 0.2) is 54.6 Å². The number of benzene rings is 2. The SMILES string of the molecule is S=C(NCc1ccccc1)N1CCC[C@H]1c1nc2ccccc2s1. The van der Waals surface area contributed by atoms with Gasteiger partial charge in [0.1, 0.15) is 5.01 Å². The minimum absolute atomic E-state index is 0.304. The Hall–Kier alpha value is -1.98. The first-order chi connectivity index (χ1) is 11.8. The van der Waals surface area contributed by atoms with E-state index in [4.69, 9.17) is 17.2 Å². The standard InChI is InChI=1S/C19H19N3S2/c23-19(20-13-14-7-2-1-3-8-14)22-12-6-10-16(22)18-21-15-9-4-5-11-17(15)24-18/h1-5,7-9,11,16H,6,10,12-13H2,(H,20,23)/t16-/m0/s1. The number of aromatic nitrogens is 1. The molecule has 3 aromatic rings. The average molecular weight is 354 g/mol. The summed E-state index contributed by atoms with van der Waals surface area (Å²) in [6.07, 6.45) is 2.28. The van der Waals surface area contributed by atoms with Crippen LogP contribution in [0.2, 0.25) is 0 Å². The van der Waals surface area contributed by atoms with Gasteiger partial charge in [0.05, 0.1) is 16.3 Å². The zero-order valence-electron chi connectivity index (χ0n) is 13.3. The van der Waals surface area contributed by atoms with Gasteiger partial charge in [-0.15, -0.1) is 11.3 Å². The van der Waals surface area contributed by atoms with Crippen molar-refractivity contribution in [2.45, 2.75) is 25.4 Å². The second-order valence-electron chi connectivity index (χ2n) is 6.02. The van der Waals surface area contributed by atoms with Gasteiger partial charge in [-0.3, -0.25) is 0 Å². The van der Waals surface area contributed by atoms with Crippen molar-refractivity contribution in [3.8, 4) is 0 Å². The van der Waals surface area contributed by atoms with E-state index in [-0.39, 0.29) is 0 Å². The van der Waals surface area contributed by atoms with Crippen molar-refractivity contribution in [1.82, 2.24) is 15.2 Å². The third-order valence-corrected chi connectivity index (χ3v) is 5.91. The van der Waals surface area contributed by atoms with Gasteiger partial charge < -0.3 is 10.2 Å². The molecule has 1 atom stereocenters. The maximum absolute atomic E-state index is 5.66. The highest BCUT2D eigenvalue weighted by atomic mass is 32.1. The average Bonchev–Trinajstić information content (AvgIpc) is 3.26. The largest absolute Gasteiger partial charge is 0.358 e. The maximum Gasteiger partial charge on any atom is 0.169 e. The zero-order chi connectivity index (χ0) is 16.4. The third kappa shape index (κ3) is 3.14. The van der Waals surface area contributed by atoms with Crippen LogP contribution in [0.1, 0.15) is 29.5 Å². The van der Waals surface area contributed by atoms with E-state index in [1.807, 2.05) is 12.1 Å². The number of nitrogens with zero attached hydrogens (tertiary/aromatic N) is 2. The van der Waals surface area contributed by atoms with Crippen molar-refractivity contribution in [2.75, 3.05) is 6.54 Å². The lowest BCUT2D eigenvalue weighted by molar-refractivity contribution is 0.392. The number of nitrogens with one attached hydrogen (secondary N) is 1. The minimum Gasteiger partial charge on any atom is -0.358 e. The van der Waals surface area contributed by atoms with Gasteiger partial charge >= 0.3 is 0 Å². The van der Waals surface area contributed by atoms with Gasteiger partial charge in [0.2, 0.25) is 0 Å². The minimum atomic E-state index is 0.304. The number of fused-ring (bicyclic) bond motifs is 1. The Balaban J connectivity index is 1.48. The predicted octanol–water partition coefficient (Wildman–Crippen LogP) is 4.51. The molecule has 1 fully saturated rings. The lowest BCUT2D eigenvalue weighted by Gasteiger charge is -2.26. The van der Waals surface area contributed by atoms with Crippen LogP contribution < -0.4 is 5.32 Å². The topological polar surface area (TPSA) is 28.2 Å². The molecule has 2 heterocycles. The van der Waals surface area contributed by atoms with Crippen LogP contribution in [-0.4, -0.2) is 21.5 Å². The Morgan fingerprint density at radius 2 is 1.96 bits per heavy atom. The highest BCUT2D eigenvalue weighted by molar-refractivity contribution is 7.80. The summed E-state index contributed by atoms with van der Waals surface area (Å²) in [5.41, 5.74) is 2.34. The fourth-order valence-electron chi connectivity index (χ4n) is 3.17. The molecule has 24 heavy (non-hydrogen) atoms. The van der Waals surface area contributed by atoms with Crippen molar-refractivity contribution in [1.29, 1.82) is 0 Å². The number of para-hydroxylation sites is 1. The summed E-state index contributed by atoms with van der Waals surface area (Å²) in [7, 11) is 0. The summed E-state index contributed by atoms with van der Waals surface area (Å²) in [5, 5.41) is 5.42. The highest BCUT2D eigenvalue weighted by Gasteiger charge is 2.30. The first-order valence-electron chi connectivity index (χ1n) is 8.25. The number of likely N-dealkylation sites (tertiary alicyclic amines) is 1. The Morgan fingerprint density at radius 3 is 2.79 bits per heavy atom. The Bertz CT molecular complexity index is 811. The molecule has 1 aliphatic rings. The quantitative estimate of drug-likeness (QED) is 0.701. The molecule has 1 aliphatic heterocycles. The van der Waals surface area contributed by atoms with E-state index < -0.39 is 0 Å². The summed E-state index contributed by atoms with van der Waals surface area (Å²) in [5.74, 6) is 0. The van der Waals surface area contributed by atoms with E-state index >= 15 is 0 Å². The molecule has 5 heteroatoms. The van der Waals surface area contributed by atoms with Crippen LogP contribution in [0.4, 0.5) is 0 Å². The van der Waals surface area contributed by atoms with Crippen LogP contribution in [-0.2, 0) is 6.54 Å². The van der Waals surface area contributed by atoms with Gasteiger partial charge in [-0.1, -0.05) is 42.5 Å². The first kappa shape index (κ1) is 15.5. The van der Waals surface area contributed by atoms with Crippen molar-refractivity contribution in [3.05, 3.63) is 65.2 Å². The molecule has 0 saturated carbocycles. The number of hydrogen-bond acceptors (Lipinski definition) is 3. The molecule has 0 aliphatic carbocycles. The molecule has 1 aromatic heterocycles. The number of hydrogen-bond donors (Lipinski definition) is 1. The fraction of sp³-hybridized carbons (Fsp3) is 0.263. The van der Waals surface area contributed by atoms with Gasteiger partial charge in [0.15, 0.2) is 5.11 Å². The molecule has 0 amide bonds. The molecular formula is C19H19N3S2. The molecular weight excluding hydrogens is 334 g/mol. The lowest BCUT2D eigenvalue weighted by atomic mass is 10.2. The van der Waals surface area contributed by atoms with E-state index in [1.165, 1.54) is 15.3 Å². The highest BCUT2D eigenvalue weighted by Crippen LogP contribution is 2.36. The molecule has 3 nitrogen and oxygen atoms in total. The fourth-order valence-corrected chi connectivity index (χ4v) is 4.58. The molecule has 0 radical (unpaired) electrons. The van der Waals surface area contributed by atoms with Crippen LogP contribution in [0.5, 0.6) is 0 Å². The number of thiocarbonyl (C=S) groups is 1. The summed E-state index contributed by atoms with van der Waals surface area (Å²) in [4.78, 5) is 7.14. The van der Waals surface area contributed by atoms with Crippen LogP contribution in [0, 0.1) is 0 Å². The molecule has 2 aromatic carbocycles. The summed E-state index contributed by atoms with van der Waals surface area (Å²) >= 11 is 7.45.